The van der Waals surface area contributed by atoms with Crippen molar-refractivity contribution >= 4 is 11.8 Å². The largest absolute Gasteiger partial charge is 0.357 e. The number of hydrogen-bond acceptors (Lipinski definition) is 3. The molecule has 0 bridgehead atoms. The summed E-state index contributed by atoms with van der Waals surface area (Å²) in [6.07, 6.45) is 8.88. The molecule has 6 nitrogen and oxygen atoms in total. The lowest BCUT2D eigenvalue weighted by Gasteiger charge is -2.35. The number of piperazine rings is 1. The van der Waals surface area contributed by atoms with Crippen molar-refractivity contribution in [2.24, 2.45) is 0 Å². The quantitative estimate of drug-likeness (QED) is 0.907. The van der Waals surface area contributed by atoms with Gasteiger partial charge < -0.3 is 19.7 Å². The zero-order valence-electron chi connectivity index (χ0n) is 15.1. The lowest BCUT2D eigenvalue weighted by molar-refractivity contribution is -0.133. The second-order valence-corrected chi connectivity index (χ2v) is 7.12. The van der Waals surface area contributed by atoms with Crippen molar-refractivity contribution in [1.29, 1.82) is 0 Å². The Morgan fingerprint density at radius 2 is 1.52 bits per heavy atom. The SMILES string of the molecule is O=C(CCN1CCCCCCC1)N1CCN(C(=O)c2ccc[nH]2)CC1. The van der Waals surface area contributed by atoms with E-state index >= 15 is 0 Å². The minimum absolute atomic E-state index is 0.0257. The standard InChI is InChI=1S/C19H30N4O2/c24-18(8-12-21-10-4-2-1-3-5-11-21)22-13-15-23(16-14-22)19(25)17-7-6-9-20-17/h6-7,9,20H,1-5,8,10-16H2. The van der Waals surface area contributed by atoms with Crippen LogP contribution in [0.4, 0.5) is 0 Å². The summed E-state index contributed by atoms with van der Waals surface area (Å²) in [7, 11) is 0. The number of rotatable bonds is 4. The van der Waals surface area contributed by atoms with Crippen LogP contribution in [-0.4, -0.2) is 77.3 Å². The van der Waals surface area contributed by atoms with Crippen molar-refractivity contribution in [3.05, 3.63) is 24.0 Å². The van der Waals surface area contributed by atoms with Crippen LogP contribution in [0.15, 0.2) is 18.3 Å². The molecule has 2 amide bonds. The van der Waals surface area contributed by atoms with E-state index in [1.165, 1.54) is 32.1 Å². The van der Waals surface area contributed by atoms with Gasteiger partial charge in [-0.05, 0) is 38.1 Å². The number of hydrogen-bond donors (Lipinski definition) is 1. The fraction of sp³-hybridized carbons (Fsp3) is 0.684. The molecule has 25 heavy (non-hydrogen) atoms. The predicted molar refractivity (Wildman–Crippen MR) is 97.4 cm³/mol. The molecule has 3 rings (SSSR count). The minimum Gasteiger partial charge on any atom is -0.357 e. The zero-order chi connectivity index (χ0) is 17.5. The van der Waals surface area contributed by atoms with Gasteiger partial charge in [-0.3, -0.25) is 9.59 Å². The van der Waals surface area contributed by atoms with Gasteiger partial charge in [0, 0.05) is 45.3 Å². The van der Waals surface area contributed by atoms with Crippen LogP contribution in [0.3, 0.4) is 0 Å². The molecule has 0 spiro atoms. The first-order chi connectivity index (χ1) is 12.2. The minimum atomic E-state index is 0.0257. The van der Waals surface area contributed by atoms with E-state index < -0.39 is 0 Å². The molecule has 0 atom stereocenters. The molecule has 3 heterocycles. The molecular formula is C19H30N4O2. The van der Waals surface area contributed by atoms with Gasteiger partial charge in [0.2, 0.25) is 5.91 Å². The number of likely N-dealkylation sites (tertiary alicyclic amines) is 1. The van der Waals surface area contributed by atoms with Crippen LogP contribution in [0.2, 0.25) is 0 Å². The Balaban J connectivity index is 1.40. The van der Waals surface area contributed by atoms with Crippen LogP contribution in [0.5, 0.6) is 0 Å². The third-order valence-electron chi connectivity index (χ3n) is 5.34. The molecule has 0 saturated carbocycles. The van der Waals surface area contributed by atoms with Gasteiger partial charge in [-0.2, -0.15) is 0 Å². The van der Waals surface area contributed by atoms with Gasteiger partial charge in [-0.25, -0.2) is 0 Å². The second-order valence-electron chi connectivity index (χ2n) is 7.12. The summed E-state index contributed by atoms with van der Waals surface area (Å²) in [4.78, 5) is 34.0. The summed E-state index contributed by atoms with van der Waals surface area (Å²) in [5, 5.41) is 0. The summed E-state index contributed by atoms with van der Waals surface area (Å²) in [5.74, 6) is 0.256. The first-order valence-corrected chi connectivity index (χ1v) is 9.67. The number of aromatic nitrogens is 1. The smallest absolute Gasteiger partial charge is 0.270 e. The maximum Gasteiger partial charge on any atom is 0.270 e. The van der Waals surface area contributed by atoms with E-state index in [-0.39, 0.29) is 11.8 Å². The third-order valence-corrected chi connectivity index (χ3v) is 5.34. The second kappa shape index (κ2) is 9.04. The lowest BCUT2D eigenvalue weighted by atomic mass is 10.1. The molecule has 1 aromatic rings. The van der Waals surface area contributed by atoms with E-state index in [1.54, 1.807) is 12.3 Å². The molecule has 2 saturated heterocycles. The van der Waals surface area contributed by atoms with Gasteiger partial charge in [0.15, 0.2) is 0 Å². The van der Waals surface area contributed by atoms with E-state index in [0.717, 1.165) is 19.6 Å². The Hall–Kier alpha value is -1.82. The molecule has 1 aromatic heterocycles. The zero-order valence-corrected chi connectivity index (χ0v) is 15.1. The average molecular weight is 346 g/mol. The number of H-pyrrole nitrogens is 1. The molecule has 6 heteroatoms. The van der Waals surface area contributed by atoms with Gasteiger partial charge in [0.05, 0.1) is 0 Å². The topological polar surface area (TPSA) is 59.7 Å². The number of nitrogens with one attached hydrogen (secondary N) is 1. The van der Waals surface area contributed by atoms with E-state index in [2.05, 4.69) is 9.88 Å². The molecule has 0 unspecified atom stereocenters. The highest BCUT2D eigenvalue weighted by Gasteiger charge is 2.25. The Kier molecular flexibility index (Phi) is 6.50. The molecule has 2 fully saturated rings. The fourth-order valence-electron chi connectivity index (χ4n) is 3.74. The summed E-state index contributed by atoms with van der Waals surface area (Å²) < 4.78 is 0. The normalized spacial score (nSPS) is 20.2. The first-order valence-electron chi connectivity index (χ1n) is 9.67. The van der Waals surface area contributed by atoms with Gasteiger partial charge in [-0.1, -0.05) is 19.3 Å². The van der Waals surface area contributed by atoms with Gasteiger partial charge in [0.25, 0.3) is 5.91 Å². The number of aromatic amines is 1. The summed E-state index contributed by atoms with van der Waals surface area (Å²) in [6, 6.07) is 3.63. The Morgan fingerprint density at radius 1 is 0.880 bits per heavy atom. The highest BCUT2D eigenvalue weighted by Crippen LogP contribution is 2.12. The molecular weight excluding hydrogens is 316 g/mol. The number of carbonyl (C=O) groups is 2. The molecule has 138 valence electrons. The van der Waals surface area contributed by atoms with E-state index in [1.807, 2.05) is 15.9 Å². The highest BCUT2D eigenvalue weighted by molar-refractivity contribution is 5.92. The number of amides is 2. The van der Waals surface area contributed by atoms with Crippen molar-refractivity contribution in [2.75, 3.05) is 45.8 Å². The van der Waals surface area contributed by atoms with Crippen LogP contribution in [0.1, 0.15) is 49.0 Å². The maximum atomic E-state index is 12.5. The van der Waals surface area contributed by atoms with Crippen molar-refractivity contribution in [1.82, 2.24) is 19.7 Å². The monoisotopic (exact) mass is 346 g/mol. The molecule has 0 radical (unpaired) electrons. The molecule has 1 N–H and O–H groups in total. The molecule has 0 aromatic carbocycles. The van der Waals surface area contributed by atoms with Gasteiger partial charge in [-0.15, -0.1) is 0 Å². The van der Waals surface area contributed by atoms with Crippen molar-refractivity contribution in [2.45, 2.75) is 38.5 Å². The molecule has 2 aliphatic heterocycles. The molecule has 0 aliphatic carbocycles. The average Bonchev–Trinajstić information content (AvgIpc) is 3.15. The first kappa shape index (κ1) is 18.0. The maximum absolute atomic E-state index is 12.5. The van der Waals surface area contributed by atoms with Crippen LogP contribution >= 0.6 is 0 Å². The lowest BCUT2D eigenvalue weighted by Crippen LogP contribution is -2.51. The summed E-state index contributed by atoms with van der Waals surface area (Å²) in [5.41, 5.74) is 0.622. The van der Waals surface area contributed by atoms with Crippen LogP contribution in [0, 0.1) is 0 Å². The molecule has 2 aliphatic rings. The van der Waals surface area contributed by atoms with Crippen LogP contribution < -0.4 is 0 Å². The Morgan fingerprint density at radius 3 is 2.16 bits per heavy atom. The number of carbonyl (C=O) groups excluding carboxylic acids is 2. The predicted octanol–water partition coefficient (Wildman–Crippen LogP) is 1.96. The van der Waals surface area contributed by atoms with Crippen molar-refractivity contribution < 1.29 is 9.59 Å². The van der Waals surface area contributed by atoms with E-state index in [0.29, 0.717) is 38.3 Å². The van der Waals surface area contributed by atoms with Crippen LogP contribution in [0.25, 0.3) is 0 Å². The van der Waals surface area contributed by atoms with Crippen molar-refractivity contribution in [3.8, 4) is 0 Å². The van der Waals surface area contributed by atoms with E-state index in [9.17, 15) is 9.59 Å². The van der Waals surface area contributed by atoms with E-state index in [4.69, 9.17) is 0 Å². The van der Waals surface area contributed by atoms with Crippen molar-refractivity contribution in [3.63, 3.8) is 0 Å². The highest BCUT2D eigenvalue weighted by atomic mass is 16.2. The number of nitrogens with zero attached hydrogens (tertiary/aromatic N) is 3. The fourth-order valence-corrected chi connectivity index (χ4v) is 3.74. The Labute approximate surface area is 150 Å². The van der Waals surface area contributed by atoms with Crippen LogP contribution in [-0.2, 0) is 4.79 Å². The summed E-state index contributed by atoms with van der Waals surface area (Å²) >= 11 is 0. The van der Waals surface area contributed by atoms with Gasteiger partial charge >= 0.3 is 0 Å². The van der Waals surface area contributed by atoms with Gasteiger partial charge in [0.1, 0.15) is 5.69 Å². The Bertz CT molecular complexity index is 542. The summed E-state index contributed by atoms with van der Waals surface area (Å²) in [6.45, 7) is 5.66. The third kappa shape index (κ3) is 5.08.